The van der Waals surface area contributed by atoms with Crippen LogP contribution < -0.4 is 0 Å². The number of rotatable bonds is 5. The number of amides is 1. The zero-order valence-corrected chi connectivity index (χ0v) is 17.7. The van der Waals surface area contributed by atoms with Crippen molar-refractivity contribution < 1.29 is 41.8 Å². The van der Waals surface area contributed by atoms with Crippen molar-refractivity contribution in [2.24, 2.45) is 5.41 Å². The van der Waals surface area contributed by atoms with Crippen LogP contribution in [0.25, 0.3) is 0 Å². The molecule has 1 unspecified atom stereocenters. The van der Waals surface area contributed by atoms with Crippen LogP contribution in [-0.2, 0) is 20.9 Å². The van der Waals surface area contributed by atoms with Gasteiger partial charge in [-0.1, -0.05) is 0 Å². The molecule has 1 atom stereocenters. The van der Waals surface area contributed by atoms with Crippen molar-refractivity contribution in [3.05, 3.63) is 48.4 Å². The number of likely N-dealkylation sites (tertiary alicyclic amines) is 1. The first kappa shape index (κ1) is 24.6. The van der Waals surface area contributed by atoms with E-state index >= 15 is 0 Å². The minimum atomic E-state index is -5.08. The van der Waals surface area contributed by atoms with Gasteiger partial charge in [0, 0.05) is 25.5 Å². The number of alkyl halides is 3. The smallest absolute Gasteiger partial charge is 0.475 e. The van der Waals surface area contributed by atoms with Crippen LogP contribution in [0.2, 0.25) is 0 Å². The molecule has 2 aliphatic rings. The van der Waals surface area contributed by atoms with Crippen molar-refractivity contribution in [2.45, 2.75) is 38.1 Å². The molecule has 180 valence electrons. The molecule has 2 aromatic rings. The minimum absolute atomic E-state index is 0.0512. The number of oxazole rings is 1. The number of nitrogens with zero attached hydrogens (tertiary/aromatic N) is 3. The highest BCUT2D eigenvalue weighted by Gasteiger charge is 2.43. The first-order valence-electron chi connectivity index (χ1n) is 10.2. The molecule has 2 aromatic heterocycles. The Morgan fingerprint density at radius 2 is 1.91 bits per heavy atom. The first-order valence-corrected chi connectivity index (χ1v) is 10.2. The lowest BCUT2D eigenvalue weighted by atomic mass is 9.76. The third kappa shape index (κ3) is 6.99. The molecule has 0 aliphatic carbocycles. The maximum atomic E-state index is 12.4. The number of aliphatic carboxylic acids is 1. The van der Waals surface area contributed by atoms with Gasteiger partial charge in [-0.05, 0) is 42.4 Å². The second kappa shape index (κ2) is 10.8. The van der Waals surface area contributed by atoms with E-state index in [0.29, 0.717) is 18.9 Å². The van der Waals surface area contributed by atoms with E-state index in [-0.39, 0.29) is 17.4 Å². The van der Waals surface area contributed by atoms with E-state index in [1.807, 2.05) is 17.0 Å². The molecule has 0 bridgehead atoms. The van der Waals surface area contributed by atoms with Gasteiger partial charge in [0.25, 0.3) is 5.91 Å². The lowest BCUT2D eigenvalue weighted by Crippen LogP contribution is -2.43. The van der Waals surface area contributed by atoms with E-state index in [9.17, 15) is 18.0 Å². The topological polar surface area (TPSA) is 115 Å². The third-order valence-electron chi connectivity index (χ3n) is 5.61. The van der Waals surface area contributed by atoms with Crippen LogP contribution in [0.4, 0.5) is 13.2 Å². The van der Waals surface area contributed by atoms with Gasteiger partial charge >= 0.3 is 12.1 Å². The lowest BCUT2D eigenvalue weighted by molar-refractivity contribution is -0.192. The Morgan fingerprint density at radius 1 is 1.24 bits per heavy atom. The van der Waals surface area contributed by atoms with Crippen LogP contribution in [0.1, 0.15) is 35.3 Å². The Kier molecular flexibility index (Phi) is 8.03. The van der Waals surface area contributed by atoms with Crippen LogP contribution >= 0.6 is 0 Å². The average Bonchev–Trinajstić information content (AvgIpc) is 3.45. The predicted octanol–water partition coefficient (Wildman–Crippen LogP) is 2.93. The fraction of sp³-hybridized carbons (Fsp3) is 0.524. The summed E-state index contributed by atoms with van der Waals surface area (Å²) >= 11 is 0. The van der Waals surface area contributed by atoms with E-state index in [1.54, 1.807) is 12.4 Å². The van der Waals surface area contributed by atoms with Gasteiger partial charge in [-0.15, -0.1) is 0 Å². The number of carboxylic acids is 1. The molecular formula is C21H24F3N3O6. The molecule has 4 heterocycles. The quantitative estimate of drug-likeness (QED) is 0.708. The summed E-state index contributed by atoms with van der Waals surface area (Å²) in [6.45, 7) is 3.41. The zero-order valence-electron chi connectivity index (χ0n) is 17.7. The third-order valence-corrected chi connectivity index (χ3v) is 5.61. The van der Waals surface area contributed by atoms with Gasteiger partial charge in [-0.3, -0.25) is 9.78 Å². The molecule has 9 nitrogen and oxygen atoms in total. The van der Waals surface area contributed by atoms with Gasteiger partial charge in [-0.25, -0.2) is 9.78 Å². The number of ether oxygens (including phenoxy) is 2. The number of carbonyl (C=O) groups excluding carboxylic acids is 1. The van der Waals surface area contributed by atoms with Crippen molar-refractivity contribution in [3.63, 3.8) is 0 Å². The number of aromatic nitrogens is 2. The average molecular weight is 471 g/mol. The van der Waals surface area contributed by atoms with Crippen LogP contribution in [0.3, 0.4) is 0 Å². The minimum Gasteiger partial charge on any atom is -0.475 e. The monoisotopic (exact) mass is 471 g/mol. The molecule has 1 spiro atoms. The standard InChI is InChI=1S/C19H23N3O4.C2HF3O2/c23-18(17-12-25-14-21-17)22-7-3-19(4-8-22)9-16(26-13-19)11-24-10-15-1-5-20-6-2-15;3-2(4,5)1(6)7/h1-2,5-6,12,14,16H,3-4,7-11,13H2;(H,6,7). The second-order valence-corrected chi connectivity index (χ2v) is 7.98. The summed E-state index contributed by atoms with van der Waals surface area (Å²) in [7, 11) is 0. The van der Waals surface area contributed by atoms with Gasteiger partial charge in [0.1, 0.15) is 6.26 Å². The van der Waals surface area contributed by atoms with E-state index in [4.69, 9.17) is 23.8 Å². The highest BCUT2D eigenvalue weighted by Crippen LogP contribution is 2.42. The molecular weight excluding hydrogens is 447 g/mol. The largest absolute Gasteiger partial charge is 0.490 e. The summed E-state index contributed by atoms with van der Waals surface area (Å²) in [6, 6.07) is 3.91. The molecule has 12 heteroatoms. The molecule has 1 N–H and O–H groups in total. The zero-order chi connectivity index (χ0) is 23.9. The summed E-state index contributed by atoms with van der Waals surface area (Å²) in [5.41, 5.74) is 1.67. The van der Waals surface area contributed by atoms with Crippen LogP contribution in [0, 0.1) is 5.41 Å². The van der Waals surface area contributed by atoms with Crippen LogP contribution in [0.5, 0.6) is 0 Å². The van der Waals surface area contributed by atoms with Gasteiger partial charge < -0.3 is 23.9 Å². The van der Waals surface area contributed by atoms with Gasteiger partial charge in [0.15, 0.2) is 12.1 Å². The van der Waals surface area contributed by atoms with Gasteiger partial charge in [0.2, 0.25) is 0 Å². The van der Waals surface area contributed by atoms with E-state index < -0.39 is 12.1 Å². The Hall–Kier alpha value is -2.99. The summed E-state index contributed by atoms with van der Waals surface area (Å²) in [5.74, 6) is -2.81. The van der Waals surface area contributed by atoms with E-state index in [2.05, 4.69) is 9.97 Å². The number of halogens is 3. The lowest BCUT2D eigenvalue weighted by Gasteiger charge is -2.38. The maximum absolute atomic E-state index is 12.4. The van der Waals surface area contributed by atoms with E-state index in [0.717, 1.165) is 44.5 Å². The SMILES string of the molecule is O=C(O)C(F)(F)F.O=C(c1cocn1)N1CCC2(CC1)COC(COCc1ccncc1)C2. The van der Waals surface area contributed by atoms with Gasteiger partial charge in [-0.2, -0.15) is 13.2 Å². The summed E-state index contributed by atoms with van der Waals surface area (Å²) in [5, 5.41) is 7.12. The molecule has 33 heavy (non-hydrogen) atoms. The molecule has 2 saturated heterocycles. The maximum Gasteiger partial charge on any atom is 0.490 e. The molecule has 2 fully saturated rings. The number of pyridine rings is 1. The Bertz CT molecular complexity index is 900. The number of carbonyl (C=O) groups is 2. The molecule has 0 aromatic carbocycles. The van der Waals surface area contributed by atoms with E-state index in [1.165, 1.54) is 12.7 Å². The predicted molar refractivity (Wildman–Crippen MR) is 106 cm³/mol. The summed E-state index contributed by atoms with van der Waals surface area (Å²) in [6.07, 6.45) is 4.20. The number of hydrogen-bond donors (Lipinski definition) is 1. The van der Waals surface area contributed by atoms with Crippen molar-refractivity contribution in [1.82, 2.24) is 14.9 Å². The molecule has 0 saturated carbocycles. The number of hydrogen-bond acceptors (Lipinski definition) is 7. The van der Waals surface area contributed by atoms with Crippen LogP contribution in [0.15, 0.2) is 41.6 Å². The summed E-state index contributed by atoms with van der Waals surface area (Å²) in [4.78, 5) is 31.1. The van der Waals surface area contributed by atoms with Crippen LogP contribution in [-0.4, -0.2) is 70.4 Å². The van der Waals surface area contributed by atoms with Crippen molar-refractivity contribution in [1.29, 1.82) is 0 Å². The Balaban J connectivity index is 0.000000383. The number of carboxylic acid groups (broad SMARTS) is 1. The fourth-order valence-electron chi connectivity index (χ4n) is 3.80. The molecule has 4 rings (SSSR count). The second-order valence-electron chi connectivity index (χ2n) is 7.98. The fourth-order valence-corrected chi connectivity index (χ4v) is 3.80. The number of piperidine rings is 1. The highest BCUT2D eigenvalue weighted by molar-refractivity contribution is 5.91. The normalized spacial score (nSPS) is 19.7. The molecule has 2 aliphatic heterocycles. The van der Waals surface area contributed by atoms with Crippen molar-refractivity contribution >= 4 is 11.9 Å². The molecule has 0 radical (unpaired) electrons. The Morgan fingerprint density at radius 3 is 2.48 bits per heavy atom. The van der Waals surface area contributed by atoms with Crippen molar-refractivity contribution in [2.75, 3.05) is 26.3 Å². The summed E-state index contributed by atoms with van der Waals surface area (Å²) < 4.78 is 48.4. The molecule has 1 amide bonds. The Labute approximate surface area is 187 Å². The van der Waals surface area contributed by atoms with Gasteiger partial charge in [0.05, 0.1) is 25.9 Å². The van der Waals surface area contributed by atoms with Crippen molar-refractivity contribution in [3.8, 4) is 0 Å². The first-order chi connectivity index (χ1) is 15.7. The highest BCUT2D eigenvalue weighted by atomic mass is 19.4.